The Hall–Kier alpha value is -1.85. The lowest BCUT2D eigenvalue weighted by Gasteiger charge is -2.09. The van der Waals surface area contributed by atoms with Crippen molar-refractivity contribution in [1.29, 1.82) is 0 Å². The quantitative estimate of drug-likeness (QED) is 0.773. The second-order valence-corrected chi connectivity index (χ2v) is 7.09. The van der Waals surface area contributed by atoms with Gasteiger partial charge < -0.3 is 10.6 Å². The number of carbonyl (C=O) groups excluding carboxylic acids is 2. The Morgan fingerprint density at radius 1 is 1.17 bits per heavy atom. The standard InChI is InChI=1S/C18H16BrClN2O2/c19-13-6-7-16(20)15(9-13)18(24)21-10-11-2-1-3-14(8-11)22-17(23)12-4-5-12/h1-3,6-9,12H,4-5,10H2,(H,21,24)(H,22,23). The maximum Gasteiger partial charge on any atom is 0.253 e. The second-order valence-electron chi connectivity index (χ2n) is 5.77. The monoisotopic (exact) mass is 406 g/mol. The van der Waals surface area contributed by atoms with Crippen LogP contribution < -0.4 is 10.6 Å². The lowest BCUT2D eigenvalue weighted by Crippen LogP contribution is -2.23. The second kappa shape index (κ2) is 7.36. The van der Waals surface area contributed by atoms with E-state index in [9.17, 15) is 9.59 Å². The van der Waals surface area contributed by atoms with Gasteiger partial charge in [-0.05, 0) is 48.7 Å². The van der Waals surface area contributed by atoms with E-state index in [0.29, 0.717) is 17.1 Å². The molecule has 0 atom stereocenters. The SMILES string of the molecule is O=C(NCc1cccc(NC(=O)C2CC2)c1)c1cc(Br)ccc1Cl. The third kappa shape index (κ3) is 4.36. The van der Waals surface area contributed by atoms with Gasteiger partial charge in [0.2, 0.25) is 5.91 Å². The molecule has 124 valence electrons. The summed E-state index contributed by atoms with van der Waals surface area (Å²) in [6, 6.07) is 12.6. The smallest absolute Gasteiger partial charge is 0.253 e. The number of nitrogens with one attached hydrogen (secondary N) is 2. The molecule has 0 heterocycles. The zero-order valence-corrected chi connectivity index (χ0v) is 15.2. The minimum atomic E-state index is -0.242. The van der Waals surface area contributed by atoms with Crippen molar-refractivity contribution in [2.45, 2.75) is 19.4 Å². The normalized spacial score (nSPS) is 13.4. The van der Waals surface area contributed by atoms with Crippen LogP contribution in [0.1, 0.15) is 28.8 Å². The Balaban J connectivity index is 1.62. The number of benzene rings is 2. The number of amides is 2. The molecule has 0 aliphatic heterocycles. The number of anilines is 1. The fourth-order valence-electron chi connectivity index (χ4n) is 2.30. The molecule has 2 amide bonds. The Bertz CT molecular complexity index is 790. The molecule has 1 saturated carbocycles. The lowest BCUT2D eigenvalue weighted by atomic mass is 10.1. The highest BCUT2D eigenvalue weighted by Gasteiger charge is 2.29. The summed E-state index contributed by atoms with van der Waals surface area (Å²) in [5, 5.41) is 6.15. The van der Waals surface area contributed by atoms with Crippen molar-refractivity contribution in [2.75, 3.05) is 5.32 Å². The van der Waals surface area contributed by atoms with E-state index in [0.717, 1.165) is 28.6 Å². The Kier molecular flexibility index (Phi) is 5.21. The maximum absolute atomic E-state index is 12.3. The average molecular weight is 408 g/mol. The molecule has 4 nitrogen and oxygen atoms in total. The van der Waals surface area contributed by atoms with Gasteiger partial charge in [0, 0.05) is 22.6 Å². The predicted molar refractivity (Wildman–Crippen MR) is 98.1 cm³/mol. The summed E-state index contributed by atoms with van der Waals surface area (Å²) >= 11 is 9.39. The predicted octanol–water partition coefficient (Wildman–Crippen LogP) is 4.38. The van der Waals surface area contributed by atoms with E-state index in [1.807, 2.05) is 24.3 Å². The summed E-state index contributed by atoms with van der Waals surface area (Å²) < 4.78 is 0.793. The van der Waals surface area contributed by atoms with Crippen LogP contribution in [0.5, 0.6) is 0 Å². The molecule has 2 aromatic rings. The van der Waals surface area contributed by atoms with Crippen LogP contribution >= 0.6 is 27.5 Å². The molecule has 0 radical (unpaired) electrons. The molecule has 2 N–H and O–H groups in total. The van der Waals surface area contributed by atoms with Gasteiger partial charge in [0.15, 0.2) is 0 Å². The summed E-state index contributed by atoms with van der Waals surface area (Å²) in [6.07, 6.45) is 1.93. The zero-order chi connectivity index (χ0) is 17.1. The third-order valence-electron chi connectivity index (χ3n) is 3.77. The van der Waals surface area contributed by atoms with Crippen LogP contribution in [0.2, 0.25) is 5.02 Å². The Labute approximate surface area is 153 Å². The summed E-state index contributed by atoms with van der Waals surface area (Å²) in [5.74, 6) is -0.0159. The first-order valence-corrected chi connectivity index (χ1v) is 8.83. The van der Waals surface area contributed by atoms with Crippen molar-refractivity contribution >= 4 is 45.0 Å². The van der Waals surface area contributed by atoms with Gasteiger partial charge in [-0.1, -0.05) is 39.7 Å². The Morgan fingerprint density at radius 3 is 2.71 bits per heavy atom. The Morgan fingerprint density at radius 2 is 1.96 bits per heavy atom. The number of hydrogen-bond donors (Lipinski definition) is 2. The van der Waals surface area contributed by atoms with Gasteiger partial charge in [-0.3, -0.25) is 9.59 Å². The van der Waals surface area contributed by atoms with Gasteiger partial charge in [-0.15, -0.1) is 0 Å². The van der Waals surface area contributed by atoms with E-state index in [4.69, 9.17) is 11.6 Å². The molecule has 0 unspecified atom stereocenters. The highest BCUT2D eigenvalue weighted by molar-refractivity contribution is 9.10. The molecule has 0 spiro atoms. The van der Waals surface area contributed by atoms with Crippen molar-refractivity contribution in [3.05, 3.63) is 63.1 Å². The van der Waals surface area contributed by atoms with Crippen LogP contribution in [0, 0.1) is 5.92 Å². The summed E-state index contributed by atoms with van der Waals surface area (Å²) in [4.78, 5) is 24.1. The van der Waals surface area contributed by atoms with Crippen molar-refractivity contribution in [2.24, 2.45) is 5.92 Å². The fraction of sp³-hybridized carbons (Fsp3) is 0.222. The van der Waals surface area contributed by atoms with Crippen LogP contribution in [0.3, 0.4) is 0 Å². The number of carbonyl (C=O) groups is 2. The van der Waals surface area contributed by atoms with Crippen LogP contribution in [0.25, 0.3) is 0 Å². The van der Waals surface area contributed by atoms with E-state index in [-0.39, 0.29) is 17.7 Å². The first-order valence-electron chi connectivity index (χ1n) is 7.66. The first kappa shape index (κ1) is 17.0. The van der Waals surface area contributed by atoms with Crippen molar-refractivity contribution in [3.8, 4) is 0 Å². The van der Waals surface area contributed by atoms with Gasteiger partial charge >= 0.3 is 0 Å². The topological polar surface area (TPSA) is 58.2 Å². The fourth-order valence-corrected chi connectivity index (χ4v) is 2.86. The third-order valence-corrected chi connectivity index (χ3v) is 4.59. The first-order chi connectivity index (χ1) is 11.5. The minimum Gasteiger partial charge on any atom is -0.348 e. The molecule has 1 fully saturated rings. The van der Waals surface area contributed by atoms with E-state index in [1.165, 1.54) is 0 Å². The van der Waals surface area contributed by atoms with Crippen LogP contribution in [0.4, 0.5) is 5.69 Å². The molecule has 3 rings (SSSR count). The minimum absolute atomic E-state index is 0.0668. The van der Waals surface area contributed by atoms with Gasteiger partial charge in [0.05, 0.1) is 10.6 Å². The summed E-state index contributed by atoms with van der Waals surface area (Å²) in [6.45, 7) is 0.356. The molecule has 1 aliphatic carbocycles. The maximum atomic E-state index is 12.3. The van der Waals surface area contributed by atoms with E-state index in [1.54, 1.807) is 18.2 Å². The molecule has 2 aromatic carbocycles. The van der Waals surface area contributed by atoms with Gasteiger partial charge in [0.25, 0.3) is 5.91 Å². The number of halogens is 2. The van der Waals surface area contributed by atoms with Crippen molar-refractivity contribution in [1.82, 2.24) is 5.32 Å². The van der Waals surface area contributed by atoms with E-state index < -0.39 is 0 Å². The molecular formula is C18H16BrClN2O2. The largest absolute Gasteiger partial charge is 0.348 e. The summed E-state index contributed by atoms with van der Waals surface area (Å²) in [5.41, 5.74) is 2.08. The molecule has 1 aliphatic rings. The number of hydrogen-bond acceptors (Lipinski definition) is 2. The molecule has 0 saturated heterocycles. The molecule has 24 heavy (non-hydrogen) atoms. The molecule has 0 aromatic heterocycles. The van der Waals surface area contributed by atoms with Gasteiger partial charge in [0.1, 0.15) is 0 Å². The van der Waals surface area contributed by atoms with Crippen molar-refractivity contribution in [3.63, 3.8) is 0 Å². The van der Waals surface area contributed by atoms with Gasteiger partial charge in [-0.25, -0.2) is 0 Å². The highest BCUT2D eigenvalue weighted by Crippen LogP contribution is 2.30. The average Bonchev–Trinajstić information content (AvgIpc) is 3.40. The highest BCUT2D eigenvalue weighted by atomic mass is 79.9. The van der Waals surface area contributed by atoms with E-state index >= 15 is 0 Å². The number of rotatable bonds is 5. The van der Waals surface area contributed by atoms with Gasteiger partial charge in [-0.2, -0.15) is 0 Å². The van der Waals surface area contributed by atoms with Crippen molar-refractivity contribution < 1.29 is 9.59 Å². The van der Waals surface area contributed by atoms with E-state index in [2.05, 4.69) is 26.6 Å². The molecule has 0 bridgehead atoms. The summed E-state index contributed by atoms with van der Waals surface area (Å²) in [7, 11) is 0. The molecule has 6 heteroatoms. The lowest BCUT2D eigenvalue weighted by molar-refractivity contribution is -0.117. The molecular weight excluding hydrogens is 392 g/mol. The van der Waals surface area contributed by atoms with Crippen LogP contribution in [0.15, 0.2) is 46.9 Å². The van der Waals surface area contributed by atoms with Crippen LogP contribution in [-0.4, -0.2) is 11.8 Å². The zero-order valence-electron chi connectivity index (χ0n) is 12.8. The van der Waals surface area contributed by atoms with Crippen LogP contribution in [-0.2, 0) is 11.3 Å².